The van der Waals surface area contributed by atoms with Crippen LogP contribution in [0.3, 0.4) is 0 Å². The lowest BCUT2D eigenvalue weighted by atomic mass is 9.97. The first-order valence-corrected chi connectivity index (χ1v) is 8.55. The molecule has 4 rings (SSSR count). The molecule has 132 valence electrons. The van der Waals surface area contributed by atoms with E-state index in [4.69, 9.17) is 9.26 Å². The second kappa shape index (κ2) is 7.35. The largest absolute Gasteiger partial charge is 0.422 e. The Kier molecular flexibility index (Phi) is 4.59. The summed E-state index contributed by atoms with van der Waals surface area (Å²) in [5.41, 5.74) is 0.638. The topological polar surface area (TPSA) is 81.4 Å². The van der Waals surface area contributed by atoms with E-state index in [9.17, 15) is 4.79 Å². The molecule has 26 heavy (non-hydrogen) atoms. The minimum absolute atomic E-state index is 0.00243. The number of hydrogen-bond donors (Lipinski definition) is 0. The molecule has 3 aromatic rings. The predicted molar refractivity (Wildman–Crippen MR) is 92.9 cm³/mol. The van der Waals surface area contributed by atoms with Gasteiger partial charge in [0.25, 0.3) is 5.91 Å². The first-order valence-electron chi connectivity index (χ1n) is 8.55. The van der Waals surface area contributed by atoms with Gasteiger partial charge in [-0.25, -0.2) is 0 Å². The second-order valence-electron chi connectivity index (χ2n) is 6.16. The van der Waals surface area contributed by atoms with Crippen LogP contribution in [0.4, 0.5) is 0 Å². The van der Waals surface area contributed by atoms with Crippen molar-refractivity contribution in [3.8, 4) is 11.8 Å². The van der Waals surface area contributed by atoms with E-state index in [0.29, 0.717) is 23.7 Å². The van der Waals surface area contributed by atoms with Gasteiger partial charge in [0.2, 0.25) is 5.89 Å². The Balaban J connectivity index is 1.44. The van der Waals surface area contributed by atoms with Gasteiger partial charge in [-0.3, -0.25) is 9.78 Å². The number of hydrogen-bond acceptors (Lipinski definition) is 6. The quantitative estimate of drug-likeness (QED) is 0.718. The van der Waals surface area contributed by atoms with Crippen molar-refractivity contribution in [1.82, 2.24) is 20.0 Å². The van der Waals surface area contributed by atoms with E-state index in [-0.39, 0.29) is 17.8 Å². The van der Waals surface area contributed by atoms with Crippen molar-refractivity contribution < 1.29 is 14.1 Å². The number of carbonyl (C=O) groups is 1. The number of amides is 1. The molecule has 1 aliphatic heterocycles. The third-order valence-corrected chi connectivity index (χ3v) is 4.36. The van der Waals surface area contributed by atoms with E-state index in [1.165, 1.54) is 0 Å². The number of rotatable bonds is 4. The summed E-state index contributed by atoms with van der Waals surface area (Å²) in [4.78, 5) is 22.8. The monoisotopic (exact) mass is 350 g/mol. The van der Waals surface area contributed by atoms with Gasteiger partial charge in [0.15, 0.2) is 0 Å². The van der Waals surface area contributed by atoms with Crippen molar-refractivity contribution in [1.29, 1.82) is 0 Å². The van der Waals surface area contributed by atoms with Gasteiger partial charge >= 0.3 is 6.01 Å². The number of likely N-dealkylation sites (tertiary alicyclic amines) is 1. The SMILES string of the molecule is O=C(c1ccncc1)N1CCC[C@H](c2nc(Oc3ccccc3)no2)C1. The summed E-state index contributed by atoms with van der Waals surface area (Å²) in [6.45, 7) is 1.27. The molecule has 1 fully saturated rings. The molecule has 1 amide bonds. The van der Waals surface area contributed by atoms with E-state index >= 15 is 0 Å². The maximum Gasteiger partial charge on any atom is 0.359 e. The average Bonchev–Trinajstić information content (AvgIpc) is 3.17. The minimum Gasteiger partial charge on any atom is -0.422 e. The van der Waals surface area contributed by atoms with E-state index in [1.54, 1.807) is 24.5 Å². The molecule has 0 unspecified atom stereocenters. The lowest BCUT2D eigenvalue weighted by Gasteiger charge is -2.31. The number of piperidine rings is 1. The van der Waals surface area contributed by atoms with Crippen molar-refractivity contribution >= 4 is 5.91 Å². The van der Waals surface area contributed by atoms with Crippen LogP contribution >= 0.6 is 0 Å². The lowest BCUT2D eigenvalue weighted by molar-refractivity contribution is 0.0695. The third-order valence-electron chi connectivity index (χ3n) is 4.36. The fourth-order valence-electron chi connectivity index (χ4n) is 3.06. The van der Waals surface area contributed by atoms with Gasteiger partial charge < -0.3 is 14.2 Å². The zero-order valence-corrected chi connectivity index (χ0v) is 14.1. The number of benzene rings is 1. The van der Waals surface area contributed by atoms with Crippen LogP contribution in [-0.2, 0) is 0 Å². The number of pyridine rings is 1. The highest BCUT2D eigenvalue weighted by Gasteiger charge is 2.29. The minimum atomic E-state index is -0.00243. The second-order valence-corrected chi connectivity index (χ2v) is 6.16. The molecular weight excluding hydrogens is 332 g/mol. The summed E-state index contributed by atoms with van der Waals surface area (Å²) in [6.07, 6.45) is 5.03. The molecule has 1 aromatic carbocycles. The molecule has 0 aliphatic carbocycles. The van der Waals surface area contributed by atoms with Crippen molar-refractivity contribution in [3.63, 3.8) is 0 Å². The lowest BCUT2D eigenvalue weighted by Crippen LogP contribution is -2.39. The Morgan fingerprint density at radius 1 is 1.15 bits per heavy atom. The Bertz CT molecular complexity index is 867. The number of para-hydroxylation sites is 1. The first-order chi connectivity index (χ1) is 12.8. The van der Waals surface area contributed by atoms with Crippen LogP contribution in [0.5, 0.6) is 11.8 Å². The van der Waals surface area contributed by atoms with Gasteiger partial charge in [-0.1, -0.05) is 18.2 Å². The van der Waals surface area contributed by atoms with Crippen LogP contribution in [0, 0.1) is 0 Å². The highest BCUT2D eigenvalue weighted by Crippen LogP contribution is 2.28. The van der Waals surface area contributed by atoms with E-state index in [2.05, 4.69) is 15.1 Å². The van der Waals surface area contributed by atoms with Crippen molar-refractivity contribution in [2.75, 3.05) is 13.1 Å². The summed E-state index contributed by atoms with van der Waals surface area (Å²) in [7, 11) is 0. The zero-order chi connectivity index (χ0) is 17.8. The van der Waals surface area contributed by atoms with Crippen LogP contribution in [0.25, 0.3) is 0 Å². The Labute approximate surface area is 150 Å². The molecule has 3 heterocycles. The number of nitrogens with zero attached hydrogens (tertiary/aromatic N) is 4. The molecule has 1 atom stereocenters. The Morgan fingerprint density at radius 3 is 2.77 bits per heavy atom. The molecular formula is C19H18N4O3. The van der Waals surface area contributed by atoms with E-state index in [1.807, 2.05) is 35.2 Å². The van der Waals surface area contributed by atoms with Crippen LogP contribution in [0.1, 0.15) is 35.0 Å². The maximum absolute atomic E-state index is 12.6. The summed E-state index contributed by atoms with van der Waals surface area (Å²) >= 11 is 0. The number of ether oxygens (including phenoxy) is 1. The normalized spacial score (nSPS) is 17.1. The third kappa shape index (κ3) is 3.56. The average molecular weight is 350 g/mol. The van der Waals surface area contributed by atoms with Gasteiger partial charge in [-0.15, -0.1) is 0 Å². The molecule has 1 aliphatic rings. The zero-order valence-electron chi connectivity index (χ0n) is 14.1. The van der Waals surface area contributed by atoms with Crippen molar-refractivity contribution in [2.45, 2.75) is 18.8 Å². The van der Waals surface area contributed by atoms with Crippen molar-refractivity contribution in [3.05, 3.63) is 66.3 Å². The summed E-state index contributed by atoms with van der Waals surface area (Å²) < 4.78 is 11.0. The van der Waals surface area contributed by atoms with E-state index in [0.717, 1.165) is 19.4 Å². The van der Waals surface area contributed by atoms with E-state index < -0.39 is 0 Å². The molecule has 0 N–H and O–H groups in total. The summed E-state index contributed by atoms with van der Waals surface area (Å²) in [5, 5.41) is 3.89. The molecule has 2 aromatic heterocycles. The standard InChI is InChI=1S/C19H18N4O3/c24-18(14-8-10-20-11-9-14)23-12-4-5-15(13-23)17-21-19(22-26-17)25-16-6-2-1-3-7-16/h1-3,6-11,15H,4-5,12-13H2/t15-/m0/s1. The van der Waals surface area contributed by atoms with Gasteiger partial charge in [0, 0.05) is 31.0 Å². The van der Waals surface area contributed by atoms with Gasteiger partial charge in [-0.2, -0.15) is 4.98 Å². The molecule has 7 heteroatoms. The van der Waals surface area contributed by atoms with Crippen LogP contribution < -0.4 is 4.74 Å². The predicted octanol–water partition coefficient (Wildman–Crippen LogP) is 3.28. The molecule has 0 bridgehead atoms. The van der Waals surface area contributed by atoms with Gasteiger partial charge in [0.05, 0.1) is 5.92 Å². The van der Waals surface area contributed by atoms with Crippen molar-refractivity contribution in [2.24, 2.45) is 0 Å². The molecule has 0 saturated carbocycles. The van der Waals surface area contributed by atoms with Gasteiger partial charge in [-0.05, 0) is 42.3 Å². The molecule has 0 spiro atoms. The number of aromatic nitrogens is 3. The summed E-state index contributed by atoms with van der Waals surface area (Å²) in [5.74, 6) is 1.16. The number of carbonyl (C=O) groups excluding carboxylic acids is 1. The van der Waals surface area contributed by atoms with Crippen LogP contribution in [-0.4, -0.2) is 39.0 Å². The van der Waals surface area contributed by atoms with Gasteiger partial charge in [0.1, 0.15) is 5.75 Å². The maximum atomic E-state index is 12.6. The molecule has 0 radical (unpaired) electrons. The fraction of sp³-hybridized carbons (Fsp3) is 0.263. The first kappa shape index (κ1) is 16.3. The highest BCUT2D eigenvalue weighted by molar-refractivity contribution is 5.94. The Hall–Kier alpha value is -3.22. The molecule has 1 saturated heterocycles. The fourth-order valence-corrected chi connectivity index (χ4v) is 3.06. The van der Waals surface area contributed by atoms with Crippen LogP contribution in [0.15, 0.2) is 59.4 Å². The van der Waals surface area contributed by atoms with Crippen LogP contribution in [0.2, 0.25) is 0 Å². The molecule has 7 nitrogen and oxygen atoms in total. The highest BCUT2D eigenvalue weighted by atomic mass is 16.6. The Morgan fingerprint density at radius 2 is 1.96 bits per heavy atom. The summed E-state index contributed by atoms with van der Waals surface area (Å²) in [6, 6.07) is 12.9. The smallest absolute Gasteiger partial charge is 0.359 e.